The Labute approximate surface area is 147 Å². The standard InChI is InChI=1S/C18H24N4O3/c1-24-13-5-10-19-16(23)14-8-11-22(12-9-14)18-21-20-17(25-18)15-6-3-2-4-7-15/h2-4,6-7,14H,5,8-13H2,1H3,(H,19,23). The number of benzene rings is 1. The van der Waals surface area contributed by atoms with E-state index in [1.807, 2.05) is 35.2 Å². The van der Waals surface area contributed by atoms with Crippen molar-refractivity contribution >= 4 is 11.9 Å². The molecule has 0 saturated carbocycles. The Morgan fingerprint density at radius 1 is 1.28 bits per heavy atom. The predicted octanol–water partition coefficient (Wildman–Crippen LogP) is 2.11. The summed E-state index contributed by atoms with van der Waals surface area (Å²) in [7, 11) is 1.66. The first-order valence-electron chi connectivity index (χ1n) is 8.68. The van der Waals surface area contributed by atoms with E-state index in [1.165, 1.54) is 0 Å². The maximum absolute atomic E-state index is 12.2. The van der Waals surface area contributed by atoms with E-state index in [0.29, 0.717) is 25.1 Å². The summed E-state index contributed by atoms with van der Waals surface area (Å²) >= 11 is 0. The Balaban J connectivity index is 1.49. The van der Waals surface area contributed by atoms with Crippen molar-refractivity contribution in [3.8, 4) is 11.5 Å². The van der Waals surface area contributed by atoms with Crippen molar-refractivity contribution in [3.63, 3.8) is 0 Å². The number of methoxy groups -OCH3 is 1. The van der Waals surface area contributed by atoms with Gasteiger partial charge in [0.2, 0.25) is 11.8 Å². The molecule has 0 radical (unpaired) electrons. The van der Waals surface area contributed by atoms with Gasteiger partial charge in [0.15, 0.2) is 0 Å². The van der Waals surface area contributed by atoms with Crippen LogP contribution in [0.5, 0.6) is 0 Å². The smallest absolute Gasteiger partial charge is 0.318 e. The summed E-state index contributed by atoms with van der Waals surface area (Å²) in [5.74, 6) is 0.704. The van der Waals surface area contributed by atoms with Crippen LogP contribution in [0.25, 0.3) is 11.5 Å². The molecule has 1 aromatic heterocycles. The predicted molar refractivity (Wildman–Crippen MR) is 94.2 cm³/mol. The van der Waals surface area contributed by atoms with Gasteiger partial charge in [-0.15, -0.1) is 5.10 Å². The van der Waals surface area contributed by atoms with Crippen LogP contribution in [0, 0.1) is 5.92 Å². The number of nitrogens with zero attached hydrogens (tertiary/aromatic N) is 3. The fourth-order valence-electron chi connectivity index (χ4n) is 2.95. The summed E-state index contributed by atoms with van der Waals surface area (Å²) < 4.78 is 10.8. The Hall–Kier alpha value is -2.41. The topological polar surface area (TPSA) is 80.5 Å². The lowest BCUT2D eigenvalue weighted by molar-refractivity contribution is -0.125. The van der Waals surface area contributed by atoms with Crippen molar-refractivity contribution in [2.75, 3.05) is 38.3 Å². The molecular weight excluding hydrogens is 320 g/mol. The number of piperidine rings is 1. The second-order valence-corrected chi connectivity index (χ2v) is 6.15. The van der Waals surface area contributed by atoms with Crippen molar-refractivity contribution in [2.24, 2.45) is 5.92 Å². The van der Waals surface area contributed by atoms with Crippen LogP contribution in [-0.2, 0) is 9.53 Å². The summed E-state index contributed by atoms with van der Waals surface area (Å²) in [6.07, 6.45) is 2.42. The summed E-state index contributed by atoms with van der Waals surface area (Å²) in [6, 6.07) is 10.2. The molecule has 0 unspecified atom stereocenters. The summed E-state index contributed by atoms with van der Waals surface area (Å²) in [5, 5.41) is 11.3. The molecule has 1 aliphatic heterocycles. The summed E-state index contributed by atoms with van der Waals surface area (Å²) in [4.78, 5) is 14.2. The van der Waals surface area contributed by atoms with Crippen LogP contribution in [-0.4, -0.2) is 49.5 Å². The molecule has 0 spiro atoms. The summed E-state index contributed by atoms with van der Waals surface area (Å²) in [5.41, 5.74) is 0.909. The molecule has 134 valence electrons. The zero-order chi connectivity index (χ0) is 17.5. The van der Waals surface area contributed by atoms with Crippen molar-refractivity contribution in [3.05, 3.63) is 30.3 Å². The van der Waals surface area contributed by atoms with Crippen molar-refractivity contribution < 1.29 is 13.9 Å². The zero-order valence-electron chi connectivity index (χ0n) is 14.5. The van der Waals surface area contributed by atoms with Crippen LogP contribution in [0.2, 0.25) is 0 Å². The van der Waals surface area contributed by atoms with Crippen molar-refractivity contribution in [2.45, 2.75) is 19.3 Å². The van der Waals surface area contributed by atoms with E-state index in [0.717, 1.165) is 37.9 Å². The molecule has 1 fully saturated rings. The number of rotatable bonds is 7. The molecule has 1 saturated heterocycles. The highest BCUT2D eigenvalue weighted by Crippen LogP contribution is 2.25. The average Bonchev–Trinajstić information content (AvgIpc) is 3.16. The van der Waals surface area contributed by atoms with Crippen LogP contribution in [0.1, 0.15) is 19.3 Å². The highest BCUT2D eigenvalue weighted by atomic mass is 16.5. The molecular formula is C18H24N4O3. The van der Waals surface area contributed by atoms with E-state index < -0.39 is 0 Å². The SMILES string of the molecule is COCCCNC(=O)C1CCN(c2nnc(-c3ccccc3)o2)CC1. The molecule has 0 aliphatic carbocycles. The van der Waals surface area contributed by atoms with E-state index in [2.05, 4.69) is 15.5 Å². The quantitative estimate of drug-likeness (QED) is 0.775. The Bertz CT molecular complexity index is 666. The first-order chi connectivity index (χ1) is 12.3. The molecule has 2 aromatic rings. The normalized spacial score (nSPS) is 15.3. The van der Waals surface area contributed by atoms with Crippen LogP contribution >= 0.6 is 0 Å². The van der Waals surface area contributed by atoms with Gasteiger partial charge >= 0.3 is 6.01 Å². The molecule has 1 amide bonds. The van der Waals surface area contributed by atoms with Gasteiger partial charge in [-0.2, -0.15) is 0 Å². The van der Waals surface area contributed by atoms with Gasteiger partial charge < -0.3 is 19.4 Å². The van der Waals surface area contributed by atoms with Gasteiger partial charge in [-0.25, -0.2) is 0 Å². The number of hydrogen-bond donors (Lipinski definition) is 1. The molecule has 7 nitrogen and oxygen atoms in total. The lowest BCUT2D eigenvalue weighted by atomic mass is 9.96. The number of anilines is 1. The molecule has 1 N–H and O–H groups in total. The number of carbonyl (C=O) groups excluding carboxylic acids is 1. The molecule has 7 heteroatoms. The third-order valence-electron chi connectivity index (χ3n) is 4.40. The maximum atomic E-state index is 12.2. The number of hydrogen-bond acceptors (Lipinski definition) is 6. The van der Waals surface area contributed by atoms with E-state index in [1.54, 1.807) is 7.11 Å². The molecule has 0 atom stereocenters. The van der Waals surface area contributed by atoms with E-state index >= 15 is 0 Å². The lowest BCUT2D eigenvalue weighted by Crippen LogP contribution is -2.41. The minimum atomic E-state index is 0.0512. The second-order valence-electron chi connectivity index (χ2n) is 6.15. The Kier molecular flexibility index (Phi) is 6.00. The van der Waals surface area contributed by atoms with Crippen LogP contribution in [0.3, 0.4) is 0 Å². The van der Waals surface area contributed by atoms with Gasteiger partial charge in [0.1, 0.15) is 0 Å². The van der Waals surface area contributed by atoms with Crippen LogP contribution in [0.15, 0.2) is 34.7 Å². The molecule has 0 bridgehead atoms. The number of carbonyl (C=O) groups is 1. The first-order valence-corrected chi connectivity index (χ1v) is 8.68. The molecule has 1 aliphatic rings. The van der Waals surface area contributed by atoms with Gasteiger partial charge in [0, 0.05) is 44.8 Å². The molecule has 1 aromatic carbocycles. The fraction of sp³-hybridized carbons (Fsp3) is 0.500. The third kappa shape index (κ3) is 4.57. The highest BCUT2D eigenvalue weighted by molar-refractivity contribution is 5.78. The van der Waals surface area contributed by atoms with Gasteiger partial charge in [0.05, 0.1) is 0 Å². The highest BCUT2D eigenvalue weighted by Gasteiger charge is 2.27. The van der Waals surface area contributed by atoms with Gasteiger partial charge in [0.25, 0.3) is 0 Å². The van der Waals surface area contributed by atoms with E-state index in [4.69, 9.17) is 9.15 Å². The number of ether oxygens (including phenoxy) is 1. The third-order valence-corrected chi connectivity index (χ3v) is 4.40. The van der Waals surface area contributed by atoms with E-state index in [-0.39, 0.29) is 11.8 Å². The minimum absolute atomic E-state index is 0.0512. The van der Waals surface area contributed by atoms with Crippen LogP contribution in [0.4, 0.5) is 6.01 Å². The van der Waals surface area contributed by atoms with Gasteiger partial charge in [-0.1, -0.05) is 23.3 Å². The lowest BCUT2D eigenvalue weighted by Gasteiger charge is -2.29. The second kappa shape index (κ2) is 8.62. The summed E-state index contributed by atoms with van der Waals surface area (Å²) in [6.45, 7) is 2.82. The minimum Gasteiger partial charge on any atom is -0.403 e. The largest absolute Gasteiger partial charge is 0.403 e. The number of aromatic nitrogens is 2. The van der Waals surface area contributed by atoms with Gasteiger partial charge in [-0.05, 0) is 31.4 Å². The molecule has 3 rings (SSSR count). The molecule has 25 heavy (non-hydrogen) atoms. The van der Waals surface area contributed by atoms with Crippen LogP contribution < -0.4 is 10.2 Å². The van der Waals surface area contributed by atoms with Crippen molar-refractivity contribution in [1.29, 1.82) is 0 Å². The maximum Gasteiger partial charge on any atom is 0.318 e. The van der Waals surface area contributed by atoms with Crippen molar-refractivity contribution in [1.82, 2.24) is 15.5 Å². The monoisotopic (exact) mass is 344 g/mol. The Morgan fingerprint density at radius 2 is 2.04 bits per heavy atom. The van der Waals surface area contributed by atoms with E-state index in [9.17, 15) is 4.79 Å². The first kappa shape index (κ1) is 17.4. The molecule has 2 heterocycles. The number of amides is 1. The Morgan fingerprint density at radius 3 is 2.76 bits per heavy atom. The zero-order valence-corrected chi connectivity index (χ0v) is 14.5. The van der Waals surface area contributed by atoms with Gasteiger partial charge in [-0.3, -0.25) is 4.79 Å². The fourth-order valence-corrected chi connectivity index (χ4v) is 2.95. The average molecular weight is 344 g/mol. The number of nitrogens with one attached hydrogen (secondary N) is 1.